The van der Waals surface area contributed by atoms with Gasteiger partial charge in [-0.15, -0.1) is 0 Å². The van der Waals surface area contributed by atoms with Gasteiger partial charge in [-0.1, -0.05) is 24.3 Å². The van der Waals surface area contributed by atoms with Gasteiger partial charge in [-0.25, -0.2) is 0 Å². The van der Waals surface area contributed by atoms with Gasteiger partial charge in [0.15, 0.2) is 5.78 Å². The number of benzene rings is 2. The van der Waals surface area contributed by atoms with Gasteiger partial charge in [0.25, 0.3) is 0 Å². The molecule has 0 N–H and O–H groups in total. The van der Waals surface area contributed by atoms with E-state index in [0.717, 1.165) is 48.7 Å². The molecule has 0 aromatic heterocycles. The third kappa shape index (κ3) is 3.45. The second-order valence-corrected chi connectivity index (χ2v) is 6.56. The zero-order valence-corrected chi connectivity index (χ0v) is 14.9. The van der Waals surface area contributed by atoms with Gasteiger partial charge in [0.2, 0.25) is 0 Å². The average Bonchev–Trinajstić information content (AvgIpc) is 2.74. The Bertz CT molecular complexity index is 702. The molecule has 5 heteroatoms. The molecule has 2 heterocycles. The molecule has 2 aliphatic rings. The Labute approximate surface area is 154 Å². The second kappa shape index (κ2) is 7.89. The molecular formula is C21H24N2O3. The zero-order valence-electron chi connectivity index (χ0n) is 14.9. The molecule has 2 aromatic carbocycles. The van der Waals surface area contributed by atoms with Gasteiger partial charge in [0, 0.05) is 48.7 Å². The molecule has 136 valence electrons. The first kappa shape index (κ1) is 17.1. The number of morpholine rings is 2. The second-order valence-electron chi connectivity index (χ2n) is 6.56. The summed E-state index contributed by atoms with van der Waals surface area (Å²) >= 11 is 0. The number of carbonyl (C=O) groups is 1. The number of ether oxygens (including phenoxy) is 2. The van der Waals surface area contributed by atoms with E-state index in [9.17, 15) is 4.79 Å². The maximum Gasteiger partial charge on any atom is 0.197 e. The molecule has 0 bridgehead atoms. The fraction of sp³-hybridized carbons (Fsp3) is 0.381. The molecule has 5 nitrogen and oxygen atoms in total. The van der Waals surface area contributed by atoms with E-state index in [-0.39, 0.29) is 5.78 Å². The number of para-hydroxylation sites is 2. The molecule has 0 radical (unpaired) electrons. The van der Waals surface area contributed by atoms with E-state index >= 15 is 0 Å². The highest BCUT2D eigenvalue weighted by molar-refractivity contribution is 6.15. The maximum absolute atomic E-state index is 13.5. The Hall–Kier alpha value is -2.37. The Morgan fingerprint density at radius 2 is 1.04 bits per heavy atom. The van der Waals surface area contributed by atoms with E-state index in [1.807, 2.05) is 48.5 Å². The van der Waals surface area contributed by atoms with Crippen molar-refractivity contribution in [3.63, 3.8) is 0 Å². The fourth-order valence-corrected chi connectivity index (χ4v) is 3.64. The Morgan fingerprint density at radius 3 is 1.46 bits per heavy atom. The Kier molecular flexibility index (Phi) is 5.18. The Morgan fingerprint density at radius 1 is 0.654 bits per heavy atom. The SMILES string of the molecule is O=C(c1ccccc1N1CCOCC1)c1ccccc1N1CCOCC1. The van der Waals surface area contributed by atoms with Crippen LogP contribution in [0.2, 0.25) is 0 Å². The van der Waals surface area contributed by atoms with Crippen molar-refractivity contribution < 1.29 is 14.3 Å². The van der Waals surface area contributed by atoms with Crippen LogP contribution in [0.4, 0.5) is 11.4 Å². The summed E-state index contributed by atoms with van der Waals surface area (Å²) in [5.41, 5.74) is 3.51. The highest BCUT2D eigenvalue weighted by Crippen LogP contribution is 2.29. The molecule has 0 atom stereocenters. The third-order valence-electron chi connectivity index (χ3n) is 5.00. The molecule has 2 saturated heterocycles. The van der Waals surface area contributed by atoms with Crippen LogP contribution in [-0.4, -0.2) is 58.4 Å². The molecule has 0 unspecified atom stereocenters. The van der Waals surface area contributed by atoms with Gasteiger partial charge in [-0.3, -0.25) is 4.79 Å². The van der Waals surface area contributed by atoms with E-state index in [0.29, 0.717) is 26.4 Å². The molecule has 2 aliphatic heterocycles. The molecule has 0 aliphatic carbocycles. The summed E-state index contributed by atoms with van der Waals surface area (Å²) in [5, 5.41) is 0. The average molecular weight is 352 g/mol. The van der Waals surface area contributed by atoms with Crippen molar-refractivity contribution in [1.29, 1.82) is 0 Å². The number of hydrogen-bond acceptors (Lipinski definition) is 5. The smallest absolute Gasteiger partial charge is 0.197 e. The van der Waals surface area contributed by atoms with Crippen molar-refractivity contribution in [2.24, 2.45) is 0 Å². The van der Waals surface area contributed by atoms with Crippen LogP contribution in [0.15, 0.2) is 48.5 Å². The molecule has 2 fully saturated rings. The number of anilines is 2. The number of hydrogen-bond donors (Lipinski definition) is 0. The monoisotopic (exact) mass is 352 g/mol. The van der Waals surface area contributed by atoms with E-state index in [1.54, 1.807) is 0 Å². The van der Waals surface area contributed by atoms with Crippen molar-refractivity contribution in [3.05, 3.63) is 59.7 Å². The molecule has 4 rings (SSSR count). The minimum absolute atomic E-state index is 0.0779. The summed E-state index contributed by atoms with van der Waals surface area (Å²) in [6.07, 6.45) is 0. The number of rotatable bonds is 4. The largest absolute Gasteiger partial charge is 0.378 e. The molecule has 0 amide bonds. The standard InChI is InChI=1S/C21H24N2O3/c24-21(17-5-1-3-7-19(17)22-9-13-25-14-10-22)18-6-2-4-8-20(18)23-11-15-26-16-12-23/h1-8H,9-16H2. The molecule has 26 heavy (non-hydrogen) atoms. The third-order valence-corrected chi connectivity index (χ3v) is 5.00. The lowest BCUT2D eigenvalue weighted by Crippen LogP contribution is -2.38. The number of nitrogens with zero attached hydrogens (tertiary/aromatic N) is 2. The lowest BCUT2D eigenvalue weighted by molar-refractivity contribution is 0.103. The fourth-order valence-electron chi connectivity index (χ4n) is 3.64. The lowest BCUT2D eigenvalue weighted by Gasteiger charge is -2.32. The van der Waals surface area contributed by atoms with Gasteiger partial charge in [-0.05, 0) is 24.3 Å². The van der Waals surface area contributed by atoms with Gasteiger partial charge in [-0.2, -0.15) is 0 Å². The summed E-state index contributed by atoms with van der Waals surface area (Å²) in [7, 11) is 0. The van der Waals surface area contributed by atoms with E-state index in [4.69, 9.17) is 9.47 Å². The topological polar surface area (TPSA) is 42.0 Å². The van der Waals surface area contributed by atoms with Crippen LogP contribution in [0.1, 0.15) is 15.9 Å². The predicted octanol–water partition coefficient (Wildman–Crippen LogP) is 2.59. The number of ketones is 1. The van der Waals surface area contributed by atoms with Crippen LogP contribution in [0.5, 0.6) is 0 Å². The highest BCUT2D eigenvalue weighted by atomic mass is 16.5. The number of carbonyl (C=O) groups excluding carboxylic acids is 1. The summed E-state index contributed by atoms with van der Waals surface area (Å²) in [4.78, 5) is 17.9. The summed E-state index contributed by atoms with van der Waals surface area (Å²) in [6, 6.07) is 15.8. The zero-order chi connectivity index (χ0) is 17.8. The van der Waals surface area contributed by atoms with Crippen molar-refractivity contribution in [3.8, 4) is 0 Å². The predicted molar refractivity (Wildman–Crippen MR) is 102 cm³/mol. The normalized spacial score (nSPS) is 18.0. The highest BCUT2D eigenvalue weighted by Gasteiger charge is 2.23. The van der Waals surface area contributed by atoms with E-state index < -0.39 is 0 Å². The minimum Gasteiger partial charge on any atom is -0.378 e. The van der Waals surface area contributed by atoms with Crippen molar-refractivity contribution in [2.45, 2.75) is 0 Å². The summed E-state index contributed by atoms with van der Waals surface area (Å²) < 4.78 is 10.9. The van der Waals surface area contributed by atoms with Crippen LogP contribution in [0, 0.1) is 0 Å². The summed E-state index contributed by atoms with van der Waals surface area (Å²) in [6.45, 7) is 6.06. The minimum atomic E-state index is 0.0779. The van der Waals surface area contributed by atoms with Crippen molar-refractivity contribution in [1.82, 2.24) is 0 Å². The van der Waals surface area contributed by atoms with E-state index in [2.05, 4.69) is 9.80 Å². The van der Waals surface area contributed by atoms with Gasteiger partial charge < -0.3 is 19.3 Å². The van der Waals surface area contributed by atoms with Crippen molar-refractivity contribution >= 4 is 17.2 Å². The molecular weight excluding hydrogens is 328 g/mol. The molecule has 0 spiro atoms. The van der Waals surface area contributed by atoms with Crippen molar-refractivity contribution in [2.75, 3.05) is 62.4 Å². The van der Waals surface area contributed by atoms with Crippen LogP contribution < -0.4 is 9.80 Å². The first-order chi connectivity index (χ1) is 12.8. The van der Waals surface area contributed by atoms with Crippen LogP contribution in [0.3, 0.4) is 0 Å². The van der Waals surface area contributed by atoms with Crippen LogP contribution in [-0.2, 0) is 9.47 Å². The molecule has 0 saturated carbocycles. The first-order valence-electron chi connectivity index (χ1n) is 9.23. The van der Waals surface area contributed by atoms with Gasteiger partial charge in [0.05, 0.1) is 26.4 Å². The lowest BCUT2D eigenvalue weighted by atomic mass is 9.98. The van der Waals surface area contributed by atoms with Gasteiger partial charge in [0.1, 0.15) is 0 Å². The van der Waals surface area contributed by atoms with Crippen LogP contribution >= 0.6 is 0 Å². The maximum atomic E-state index is 13.5. The first-order valence-corrected chi connectivity index (χ1v) is 9.23. The van der Waals surface area contributed by atoms with Crippen LogP contribution in [0.25, 0.3) is 0 Å². The molecule has 2 aromatic rings. The quantitative estimate of drug-likeness (QED) is 0.791. The van der Waals surface area contributed by atoms with Gasteiger partial charge >= 0.3 is 0 Å². The summed E-state index contributed by atoms with van der Waals surface area (Å²) in [5.74, 6) is 0.0779. The Balaban J connectivity index is 1.68. The van der Waals surface area contributed by atoms with E-state index in [1.165, 1.54) is 0 Å².